The fraction of sp³-hybridized carbons (Fsp3) is 0.125. The molecule has 2 N–H and O–H groups in total. The third kappa shape index (κ3) is 1.00. The smallest absolute Gasteiger partial charge is 0.361 e. The van der Waals surface area contributed by atoms with Gasteiger partial charge in [-0.3, -0.25) is 0 Å². The fourth-order valence-electron chi connectivity index (χ4n) is 1.37. The normalized spacial score (nSPS) is 10.6. The molecule has 72 valence electrons. The van der Waals surface area contributed by atoms with E-state index in [2.05, 4.69) is 5.10 Å². The number of hydrogen-bond acceptors (Lipinski definition) is 2. The molecule has 0 aliphatic rings. The van der Waals surface area contributed by atoms with Gasteiger partial charge in [-0.15, -0.1) is 0 Å². The summed E-state index contributed by atoms with van der Waals surface area (Å²) >= 11 is 0. The van der Waals surface area contributed by atoms with Gasteiger partial charge in [0.2, 0.25) is 0 Å². The summed E-state index contributed by atoms with van der Waals surface area (Å²) in [5.41, 5.74) is 0.126. The lowest BCUT2D eigenvalue weighted by Gasteiger charge is -1.91. The van der Waals surface area contributed by atoms with E-state index in [0.717, 1.165) is 0 Å². The number of carbonyl (C=O) groups is 1. The topological polar surface area (TPSA) is 78.5 Å². The van der Waals surface area contributed by atoms with Crippen LogP contribution < -0.4 is 10.1 Å². The second kappa shape index (κ2) is 2.69. The highest BCUT2D eigenvalue weighted by molar-refractivity contribution is 5.93. The van der Waals surface area contributed by atoms with Crippen LogP contribution in [0.25, 0.3) is 5.65 Å². The molecule has 2 rings (SSSR count). The highest BCUT2D eigenvalue weighted by Gasteiger charge is 2.20. The van der Waals surface area contributed by atoms with Crippen molar-refractivity contribution >= 4 is 11.6 Å². The molecule has 0 radical (unpaired) electrons. The Kier molecular flexibility index (Phi) is 1.63. The molecule has 0 saturated heterocycles. The molecule has 0 atom stereocenters. The summed E-state index contributed by atoms with van der Waals surface area (Å²) in [6, 6.07) is 1.36. The van der Waals surface area contributed by atoms with Crippen LogP contribution >= 0.6 is 0 Å². The van der Waals surface area contributed by atoms with Crippen LogP contribution in [0.15, 0.2) is 23.3 Å². The zero-order valence-electron chi connectivity index (χ0n) is 7.39. The monoisotopic (exact) mass is 194 g/mol. The summed E-state index contributed by atoms with van der Waals surface area (Å²) in [4.78, 5) is 22.1. The summed E-state index contributed by atoms with van der Waals surface area (Å²) in [6.07, 6.45) is 2.82. The van der Waals surface area contributed by atoms with E-state index in [-0.39, 0.29) is 11.1 Å². The highest BCUT2D eigenvalue weighted by Crippen LogP contribution is 2.02. The van der Waals surface area contributed by atoms with Gasteiger partial charge in [-0.1, -0.05) is 4.52 Å². The minimum Gasteiger partial charge on any atom is -0.477 e. The van der Waals surface area contributed by atoms with Crippen molar-refractivity contribution in [2.24, 2.45) is 7.05 Å². The average molecular weight is 194 g/mol. The Bertz CT molecular complexity index is 567. The van der Waals surface area contributed by atoms with E-state index in [4.69, 9.17) is 5.11 Å². The van der Waals surface area contributed by atoms with Gasteiger partial charge in [0.15, 0.2) is 5.56 Å². The van der Waals surface area contributed by atoms with E-state index in [1.807, 2.05) is 0 Å². The quantitative estimate of drug-likeness (QED) is 0.580. The molecule has 0 spiro atoms. The van der Waals surface area contributed by atoms with Crippen molar-refractivity contribution in [1.82, 2.24) is 9.61 Å². The molecular weight excluding hydrogens is 186 g/mol. The van der Waals surface area contributed by atoms with Crippen LogP contribution in [0.3, 0.4) is 0 Å². The third-order valence-corrected chi connectivity index (χ3v) is 2.02. The van der Waals surface area contributed by atoms with Crippen molar-refractivity contribution < 1.29 is 14.5 Å². The van der Waals surface area contributed by atoms with Gasteiger partial charge in [-0.2, -0.15) is 0 Å². The molecule has 0 aromatic carbocycles. The van der Waals surface area contributed by atoms with Gasteiger partial charge in [0.25, 0.3) is 0 Å². The number of aromatic nitrogens is 3. The van der Waals surface area contributed by atoms with E-state index in [1.54, 1.807) is 11.6 Å². The lowest BCUT2D eigenvalue weighted by atomic mass is 10.3. The number of hydrogen-bond donors (Lipinski definition) is 2. The molecule has 0 aliphatic heterocycles. The number of carboxylic acid groups (broad SMARTS) is 1. The van der Waals surface area contributed by atoms with E-state index < -0.39 is 5.97 Å². The first kappa shape index (κ1) is 8.49. The van der Waals surface area contributed by atoms with Gasteiger partial charge in [0, 0.05) is 0 Å². The molecule has 14 heavy (non-hydrogen) atoms. The van der Waals surface area contributed by atoms with E-state index in [0.29, 0.717) is 5.65 Å². The lowest BCUT2D eigenvalue weighted by molar-refractivity contribution is -0.648. The second-order valence-electron chi connectivity index (χ2n) is 2.92. The lowest BCUT2D eigenvalue weighted by Crippen LogP contribution is -2.35. The zero-order chi connectivity index (χ0) is 10.3. The van der Waals surface area contributed by atoms with Crippen molar-refractivity contribution in [1.29, 1.82) is 0 Å². The molecule has 0 amide bonds. The van der Waals surface area contributed by atoms with Gasteiger partial charge in [-0.05, 0) is 0 Å². The van der Waals surface area contributed by atoms with E-state index in [1.165, 1.54) is 23.0 Å². The first-order chi connectivity index (χ1) is 6.61. The predicted molar refractivity (Wildman–Crippen MR) is 46.2 cm³/mol. The van der Waals surface area contributed by atoms with Gasteiger partial charge in [-0.25, -0.2) is 19.3 Å². The molecule has 2 aromatic rings. The van der Waals surface area contributed by atoms with Crippen molar-refractivity contribution in [3.05, 3.63) is 34.4 Å². The van der Waals surface area contributed by atoms with Crippen LogP contribution in [-0.2, 0) is 7.05 Å². The fourth-order valence-corrected chi connectivity index (χ4v) is 1.37. The van der Waals surface area contributed by atoms with Crippen LogP contribution in [0.5, 0.6) is 0 Å². The van der Waals surface area contributed by atoms with Gasteiger partial charge in [0.05, 0.1) is 25.5 Å². The Morgan fingerprint density at radius 2 is 2.36 bits per heavy atom. The molecule has 0 saturated carbocycles. The number of aromatic carboxylic acids is 1. The Balaban J connectivity index is 2.98. The summed E-state index contributed by atoms with van der Waals surface area (Å²) in [5, 5.41) is 11.4. The standard InChI is InChI=1S/C8H7N3O3/c1-10-3-2-6(12)11-7(10)5(4-9-11)8(13)14/h2-4H,1H3,(H,13,14)/p+1. The summed E-state index contributed by atoms with van der Waals surface area (Å²) < 4.78 is 2.75. The van der Waals surface area contributed by atoms with Crippen LogP contribution in [0.1, 0.15) is 10.4 Å². The first-order valence-electron chi connectivity index (χ1n) is 3.93. The number of aromatic amines is 1. The number of rotatable bonds is 1. The third-order valence-electron chi connectivity index (χ3n) is 2.02. The number of H-pyrrole nitrogens is 1. The predicted octanol–water partition coefficient (Wildman–Crippen LogP) is -0.850. The number of aryl methyl sites for hydroxylation is 1. The van der Waals surface area contributed by atoms with Crippen LogP contribution in [0.4, 0.5) is 0 Å². The molecule has 0 fully saturated rings. The number of carboxylic acids is 1. The van der Waals surface area contributed by atoms with E-state index in [9.17, 15) is 9.59 Å². The maximum absolute atomic E-state index is 11.3. The molecule has 6 nitrogen and oxygen atoms in total. The second-order valence-corrected chi connectivity index (χ2v) is 2.92. The number of nitrogens with zero attached hydrogens (tertiary/aromatic N) is 2. The van der Waals surface area contributed by atoms with Crippen molar-refractivity contribution in [2.45, 2.75) is 0 Å². The van der Waals surface area contributed by atoms with Gasteiger partial charge in [0.1, 0.15) is 0 Å². The first-order valence-corrected chi connectivity index (χ1v) is 3.93. The minimum atomic E-state index is -1.06. The molecule has 6 heteroatoms. The maximum atomic E-state index is 11.3. The van der Waals surface area contributed by atoms with Crippen molar-refractivity contribution in [3.8, 4) is 0 Å². The molecule has 0 unspecified atom stereocenters. The molecule has 0 bridgehead atoms. The molecule has 2 aromatic heterocycles. The Labute approximate surface area is 78.0 Å². The van der Waals surface area contributed by atoms with Gasteiger partial charge < -0.3 is 5.11 Å². The SMILES string of the molecule is C[n+]1ccc(=O)n2[nH]cc(C(=O)O)c21. The minimum absolute atomic E-state index is 0.0743. The Morgan fingerprint density at radius 1 is 1.64 bits per heavy atom. The number of fused-ring (bicyclic) bond motifs is 1. The largest absolute Gasteiger partial charge is 0.477 e. The average Bonchev–Trinajstić information content (AvgIpc) is 2.56. The van der Waals surface area contributed by atoms with Crippen LogP contribution in [0.2, 0.25) is 0 Å². The van der Waals surface area contributed by atoms with Crippen LogP contribution in [0, 0.1) is 0 Å². The maximum Gasteiger partial charge on any atom is 0.361 e. The summed E-state index contributed by atoms with van der Waals surface area (Å²) in [5.74, 6) is -1.06. The molecular formula is C8H8N3O3+. The van der Waals surface area contributed by atoms with Crippen molar-refractivity contribution in [2.75, 3.05) is 0 Å². The zero-order valence-corrected chi connectivity index (χ0v) is 7.39. The molecule has 2 heterocycles. The highest BCUT2D eigenvalue weighted by atomic mass is 16.4. The van der Waals surface area contributed by atoms with Crippen molar-refractivity contribution in [3.63, 3.8) is 0 Å². The van der Waals surface area contributed by atoms with E-state index >= 15 is 0 Å². The Morgan fingerprint density at radius 3 is 3.00 bits per heavy atom. The Hall–Kier alpha value is -2.11. The molecule has 0 aliphatic carbocycles. The summed E-state index contributed by atoms with van der Waals surface area (Å²) in [6.45, 7) is 0. The van der Waals surface area contributed by atoms with Gasteiger partial charge >= 0.3 is 17.2 Å². The van der Waals surface area contributed by atoms with Crippen LogP contribution in [-0.4, -0.2) is 20.7 Å². The summed E-state index contributed by atoms with van der Waals surface area (Å²) in [7, 11) is 1.68. The number of nitrogens with one attached hydrogen (secondary N) is 1.